The van der Waals surface area contributed by atoms with Crippen LogP contribution in [0, 0.1) is 0 Å². The summed E-state index contributed by atoms with van der Waals surface area (Å²) < 4.78 is 5.27. The standard InChI is InChI=1S/C9H16BrNO2/c1-9(2,13-3)6-11-5-4-7(10)8(11)12/h7H,4-6H2,1-3H3. The lowest BCUT2D eigenvalue weighted by atomic mass is 10.1. The molecule has 1 fully saturated rings. The average molecular weight is 250 g/mol. The Kier molecular flexibility index (Phi) is 3.35. The van der Waals surface area contributed by atoms with Crippen molar-refractivity contribution in [1.29, 1.82) is 0 Å². The van der Waals surface area contributed by atoms with Crippen molar-refractivity contribution in [2.75, 3.05) is 20.2 Å². The molecular weight excluding hydrogens is 234 g/mol. The highest BCUT2D eigenvalue weighted by Gasteiger charge is 2.33. The predicted molar refractivity (Wildman–Crippen MR) is 55.0 cm³/mol. The molecule has 1 rings (SSSR count). The predicted octanol–water partition coefficient (Wildman–Crippen LogP) is 1.41. The Morgan fingerprint density at radius 3 is 2.69 bits per heavy atom. The Balaban J connectivity index is 2.51. The molecule has 1 heterocycles. The Hall–Kier alpha value is -0.0900. The molecule has 0 aromatic rings. The van der Waals surface area contributed by atoms with E-state index in [4.69, 9.17) is 4.74 Å². The molecule has 1 unspecified atom stereocenters. The normalized spacial score (nSPS) is 24.2. The molecule has 1 saturated heterocycles. The third kappa shape index (κ3) is 2.68. The van der Waals surface area contributed by atoms with E-state index in [1.54, 1.807) is 7.11 Å². The molecule has 1 aliphatic rings. The minimum absolute atomic E-state index is 0.0140. The number of carbonyl (C=O) groups is 1. The van der Waals surface area contributed by atoms with Gasteiger partial charge in [0.2, 0.25) is 5.91 Å². The molecule has 0 aliphatic carbocycles. The number of halogens is 1. The fourth-order valence-electron chi connectivity index (χ4n) is 1.38. The van der Waals surface area contributed by atoms with Gasteiger partial charge in [-0.25, -0.2) is 0 Å². The zero-order chi connectivity index (χ0) is 10.1. The number of amides is 1. The number of hydrogen-bond donors (Lipinski definition) is 0. The van der Waals surface area contributed by atoms with E-state index in [0.29, 0.717) is 6.54 Å². The van der Waals surface area contributed by atoms with Crippen LogP contribution < -0.4 is 0 Å². The first-order chi connectivity index (χ1) is 5.96. The first-order valence-electron chi connectivity index (χ1n) is 4.44. The maximum absolute atomic E-state index is 11.5. The first-order valence-corrected chi connectivity index (χ1v) is 5.36. The molecule has 0 radical (unpaired) electrons. The van der Waals surface area contributed by atoms with Crippen molar-refractivity contribution in [2.24, 2.45) is 0 Å². The number of nitrogens with zero attached hydrogens (tertiary/aromatic N) is 1. The fourth-order valence-corrected chi connectivity index (χ4v) is 1.88. The summed E-state index contributed by atoms with van der Waals surface area (Å²) in [5, 5.41) is 0. The van der Waals surface area contributed by atoms with Crippen molar-refractivity contribution in [3.05, 3.63) is 0 Å². The molecule has 1 amide bonds. The van der Waals surface area contributed by atoms with Gasteiger partial charge in [-0.05, 0) is 20.3 Å². The molecule has 13 heavy (non-hydrogen) atoms. The molecule has 76 valence electrons. The second kappa shape index (κ2) is 3.96. The quantitative estimate of drug-likeness (QED) is 0.709. The maximum atomic E-state index is 11.5. The molecule has 0 bridgehead atoms. The summed E-state index contributed by atoms with van der Waals surface area (Å²) in [4.78, 5) is 13.4. The summed E-state index contributed by atoms with van der Waals surface area (Å²) in [6.07, 6.45) is 0.901. The fraction of sp³-hybridized carbons (Fsp3) is 0.889. The Morgan fingerprint density at radius 1 is 1.69 bits per heavy atom. The molecule has 0 aromatic heterocycles. The molecule has 1 aliphatic heterocycles. The minimum Gasteiger partial charge on any atom is -0.377 e. The van der Waals surface area contributed by atoms with Gasteiger partial charge in [-0.1, -0.05) is 15.9 Å². The SMILES string of the molecule is COC(C)(C)CN1CCC(Br)C1=O. The third-order valence-electron chi connectivity index (χ3n) is 2.36. The van der Waals surface area contributed by atoms with Crippen LogP contribution in [0.1, 0.15) is 20.3 Å². The van der Waals surface area contributed by atoms with E-state index in [1.807, 2.05) is 18.7 Å². The number of likely N-dealkylation sites (tertiary alicyclic amines) is 1. The summed E-state index contributed by atoms with van der Waals surface area (Å²) in [6.45, 7) is 5.48. The van der Waals surface area contributed by atoms with Crippen LogP contribution in [0.25, 0.3) is 0 Å². The van der Waals surface area contributed by atoms with Gasteiger partial charge < -0.3 is 9.64 Å². The number of methoxy groups -OCH3 is 1. The van der Waals surface area contributed by atoms with E-state index < -0.39 is 0 Å². The van der Waals surface area contributed by atoms with Crippen LogP contribution in [0.4, 0.5) is 0 Å². The van der Waals surface area contributed by atoms with Gasteiger partial charge in [0.05, 0.1) is 10.4 Å². The Morgan fingerprint density at radius 2 is 2.31 bits per heavy atom. The minimum atomic E-state index is -0.243. The highest BCUT2D eigenvalue weighted by Crippen LogP contribution is 2.21. The van der Waals surface area contributed by atoms with Gasteiger partial charge in [-0.15, -0.1) is 0 Å². The molecule has 3 nitrogen and oxygen atoms in total. The molecular formula is C9H16BrNO2. The van der Waals surface area contributed by atoms with Gasteiger partial charge in [-0.2, -0.15) is 0 Å². The van der Waals surface area contributed by atoms with Crippen LogP contribution in [0.3, 0.4) is 0 Å². The van der Waals surface area contributed by atoms with E-state index in [9.17, 15) is 4.79 Å². The number of carbonyl (C=O) groups excluding carboxylic acids is 1. The summed E-state index contributed by atoms with van der Waals surface area (Å²) in [5.74, 6) is 0.185. The first kappa shape index (κ1) is 11.0. The van der Waals surface area contributed by atoms with E-state index in [0.717, 1.165) is 13.0 Å². The van der Waals surface area contributed by atoms with Gasteiger partial charge >= 0.3 is 0 Å². The smallest absolute Gasteiger partial charge is 0.236 e. The van der Waals surface area contributed by atoms with Crippen LogP contribution in [0.15, 0.2) is 0 Å². The second-order valence-electron chi connectivity index (χ2n) is 3.98. The molecule has 1 atom stereocenters. The van der Waals surface area contributed by atoms with E-state index in [1.165, 1.54) is 0 Å². The number of rotatable bonds is 3. The Bertz CT molecular complexity index is 206. The van der Waals surface area contributed by atoms with E-state index in [2.05, 4.69) is 15.9 Å². The van der Waals surface area contributed by atoms with Gasteiger partial charge in [0.15, 0.2) is 0 Å². The topological polar surface area (TPSA) is 29.5 Å². The largest absolute Gasteiger partial charge is 0.377 e. The number of alkyl halides is 1. The van der Waals surface area contributed by atoms with Gasteiger partial charge in [0.25, 0.3) is 0 Å². The van der Waals surface area contributed by atoms with Crippen molar-refractivity contribution in [3.63, 3.8) is 0 Å². The zero-order valence-electron chi connectivity index (χ0n) is 8.34. The molecule has 0 spiro atoms. The summed E-state index contributed by atoms with van der Waals surface area (Å²) >= 11 is 3.34. The van der Waals surface area contributed by atoms with Gasteiger partial charge in [0, 0.05) is 20.2 Å². The second-order valence-corrected chi connectivity index (χ2v) is 5.09. The van der Waals surface area contributed by atoms with Gasteiger partial charge in [0.1, 0.15) is 0 Å². The highest BCUT2D eigenvalue weighted by molar-refractivity contribution is 9.10. The van der Waals surface area contributed by atoms with Crippen molar-refractivity contribution in [3.8, 4) is 0 Å². The van der Waals surface area contributed by atoms with Crippen LogP contribution in [0.5, 0.6) is 0 Å². The van der Waals surface area contributed by atoms with Gasteiger partial charge in [-0.3, -0.25) is 4.79 Å². The Labute approximate surface area is 87.6 Å². The summed E-state index contributed by atoms with van der Waals surface area (Å²) in [7, 11) is 1.67. The molecule has 0 N–H and O–H groups in total. The van der Waals surface area contributed by atoms with Crippen LogP contribution in [0.2, 0.25) is 0 Å². The number of hydrogen-bond acceptors (Lipinski definition) is 2. The van der Waals surface area contributed by atoms with Crippen LogP contribution in [-0.4, -0.2) is 41.4 Å². The monoisotopic (exact) mass is 249 g/mol. The zero-order valence-corrected chi connectivity index (χ0v) is 9.93. The van der Waals surface area contributed by atoms with Crippen molar-refractivity contribution in [1.82, 2.24) is 4.90 Å². The van der Waals surface area contributed by atoms with E-state index >= 15 is 0 Å². The molecule has 4 heteroatoms. The van der Waals surface area contributed by atoms with Crippen LogP contribution >= 0.6 is 15.9 Å². The lowest BCUT2D eigenvalue weighted by Gasteiger charge is -2.28. The molecule has 0 saturated carbocycles. The highest BCUT2D eigenvalue weighted by atomic mass is 79.9. The third-order valence-corrected chi connectivity index (χ3v) is 3.21. The lowest BCUT2D eigenvalue weighted by molar-refractivity contribution is -0.130. The van der Waals surface area contributed by atoms with Crippen molar-refractivity contribution < 1.29 is 9.53 Å². The lowest BCUT2D eigenvalue weighted by Crippen LogP contribution is -2.41. The van der Waals surface area contributed by atoms with E-state index in [-0.39, 0.29) is 16.3 Å². The maximum Gasteiger partial charge on any atom is 0.236 e. The molecule has 0 aromatic carbocycles. The van der Waals surface area contributed by atoms with Crippen molar-refractivity contribution >= 4 is 21.8 Å². The summed E-state index contributed by atoms with van der Waals surface area (Å²) in [5.41, 5.74) is -0.243. The van der Waals surface area contributed by atoms with Crippen LogP contribution in [-0.2, 0) is 9.53 Å². The number of ether oxygens (including phenoxy) is 1. The van der Waals surface area contributed by atoms with Crippen molar-refractivity contribution in [2.45, 2.75) is 30.7 Å². The average Bonchev–Trinajstić information content (AvgIpc) is 2.36. The summed E-state index contributed by atoms with van der Waals surface area (Å²) in [6, 6.07) is 0.